The molecule has 17 heavy (non-hydrogen) atoms. The molecule has 0 aliphatic carbocycles. The molecule has 2 amide bonds. The van der Waals surface area contributed by atoms with Gasteiger partial charge in [0, 0.05) is 11.6 Å². The first-order chi connectivity index (χ1) is 7.94. The van der Waals surface area contributed by atoms with Crippen LogP contribution in [0.25, 0.3) is 0 Å². The molecule has 0 atom stereocenters. The highest BCUT2D eigenvalue weighted by Crippen LogP contribution is 2.31. The van der Waals surface area contributed by atoms with Gasteiger partial charge in [-0.25, -0.2) is 0 Å². The summed E-state index contributed by atoms with van der Waals surface area (Å²) >= 11 is 0. The third-order valence-corrected chi connectivity index (χ3v) is 3.14. The Hall–Kier alpha value is -1.90. The summed E-state index contributed by atoms with van der Waals surface area (Å²) in [7, 11) is 0. The van der Waals surface area contributed by atoms with Gasteiger partial charge < -0.3 is 0 Å². The maximum atomic E-state index is 12.0. The van der Waals surface area contributed by atoms with E-state index in [9.17, 15) is 9.59 Å². The Morgan fingerprint density at radius 1 is 1.06 bits per heavy atom. The molecule has 2 rings (SSSR count). The van der Waals surface area contributed by atoms with Crippen LogP contribution in [0.3, 0.4) is 0 Å². The highest BCUT2D eigenvalue weighted by atomic mass is 16.2. The summed E-state index contributed by atoms with van der Waals surface area (Å²) in [6, 6.07) is 9.57. The van der Waals surface area contributed by atoms with Gasteiger partial charge in [-0.05, 0) is 26.3 Å². The molecule has 3 heteroatoms. The van der Waals surface area contributed by atoms with E-state index in [1.807, 2.05) is 44.2 Å². The normalized spacial score (nSPS) is 16.4. The predicted molar refractivity (Wildman–Crippen MR) is 65.1 cm³/mol. The standard InChI is InChI=1S/C14H15NO2/c1-10-9-12(16)15(13(10)17)14(2,3)11-7-5-4-6-8-11/h4-9H,1-3H3. The number of rotatable bonds is 2. The Kier molecular flexibility index (Phi) is 2.62. The largest absolute Gasteiger partial charge is 0.269 e. The number of amides is 2. The summed E-state index contributed by atoms with van der Waals surface area (Å²) < 4.78 is 0. The van der Waals surface area contributed by atoms with Crippen molar-refractivity contribution in [1.29, 1.82) is 0 Å². The third-order valence-electron chi connectivity index (χ3n) is 3.14. The van der Waals surface area contributed by atoms with Crippen molar-refractivity contribution in [3.05, 3.63) is 47.5 Å². The van der Waals surface area contributed by atoms with E-state index >= 15 is 0 Å². The summed E-state index contributed by atoms with van der Waals surface area (Å²) in [4.78, 5) is 25.1. The average Bonchev–Trinajstić information content (AvgIpc) is 2.54. The van der Waals surface area contributed by atoms with Crippen molar-refractivity contribution in [2.24, 2.45) is 0 Å². The van der Waals surface area contributed by atoms with Crippen LogP contribution in [0, 0.1) is 0 Å². The minimum Gasteiger partial charge on any atom is -0.269 e. The highest BCUT2D eigenvalue weighted by Gasteiger charge is 2.40. The number of nitrogens with zero attached hydrogens (tertiary/aromatic N) is 1. The van der Waals surface area contributed by atoms with Gasteiger partial charge in [0.1, 0.15) is 0 Å². The van der Waals surface area contributed by atoms with Gasteiger partial charge in [0.2, 0.25) is 0 Å². The molecular weight excluding hydrogens is 214 g/mol. The van der Waals surface area contributed by atoms with Gasteiger partial charge in [0.05, 0.1) is 5.54 Å². The lowest BCUT2D eigenvalue weighted by Gasteiger charge is -2.34. The smallest absolute Gasteiger partial charge is 0.257 e. The number of carbonyl (C=O) groups excluding carboxylic acids is 2. The molecule has 1 aliphatic heterocycles. The zero-order chi connectivity index (χ0) is 12.6. The predicted octanol–water partition coefficient (Wildman–Crippen LogP) is 2.24. The van der Waals surface area contributed by atoms with Gasteiger partial charge in [-0.1, -0.05) is 30.3 Å². The first-order valence-corrected chi connectivity index (χ1v) is 5.57. The lowest BCUT2D eigenvalue weighted by Crippen LogP contribution is -2.45. The summed E-state index contributed by atoms with van der Waals surface area (Å²) in [6.07, 6.45) is 1.40. The summed E-state index contributed by atoms with van der Waals surface area (Å²) in [5.74, 6) is -0.440. The van der Waals surface area contributed by atoms with E-state index in [-0.39, 0.29) is 11.8 Å². The molecule has 0 radical (unpaired) electrons. The second-order valence-electron chi connectivity index (χ2n) is 4.73. The fourth-order valence-electron chi connectivity index (χ4n) is 2.09. The number of carbonyl (C=O) groups is 2. The topological polar surface area (TPSA) is 37.4 Å². The fourth-order valence-corrected chi connectivity index (χ4v) is 2.09. The molecule has 0 bridgehead atoms. The number of hydrogen-bond donors (Lipinski definition) is 0. The van der Waals surface area contributed by atoms with Crippen LogP contribution in [-0.2, 0) is 15.1 Å². The monoisotopic (exact) mass is 229 g/mol. The van der Waals surface area contributed by atoms with Gasteiger partial charge in [-0.2, -0.15) is 0 Å². The third kappa shape index (κ3) is 1.78. The molecule has 1 aromatic rings. The molecule has 0 fully saturated rings. The van der Waals surface area contributed by atoms with Crippen LogP contribution in [0.5, 0.6) is 0 Å². The number of imide groups is 1. The summed E-state index contributed by atoms with van der Waals surface area (Å²) in [5, 5.41) is 0. The van der Waals surface area contributed by atoms with E-state index < -0.39 is 5.54 Å². The zero-order valence-corrected chi connectivity index (χ0v) is 10.2. The van der Waals surface area contributed by atoms with E-state index in [0.29, 0.717) is 5.57 Å². The maximum Gasteiger partial charge on any atom is 0.257 e. The molecule has 0 aromatic heterocycles. The molecule has 0 saturated carbocycles. The molecule has 1 heterocycles. The molecule has 1 aromatic carbocycles. The van der Waals surface area contributed by atoms with Gasteiger partial charge in [-0.15, -0.1) is 0 Å². The minimum atomic E-state index is -0.621. The van der Waals surface area contributed by atoms with E-state index in [1.54, 1.807) is 6.92 Å². The van der Waals surface area contributed by atoms with Crippen molar-refractivity contribution >= 4 is 11.8 Å². The van der Waals surface area contributed by atoms with Crippen molar-refractivity contribution in [2.75, 3.05) is 0 Å². The molecule has 1 aliphatic rings. The van der Waals surface area contributed by atoms with Gasteiger partial charge >= 0.3 is 0 Å². The molecule has 88 valence electrons. The fraction of sp³-hybridized carbons (Fsp3) is 0.286. The van der Waals surface area contributed by atoms with Crippen molar-refractivity contribution in [3.63, 3.8) is 0 Å². The molecule has 0 N–H and O–H groups in total. The Labute approximate surface area is 101 Å². The quantitative estimate of drug-likeness (QED) is 0.729. The average molecular weight is 229 g/mol. The van der Waals surface area contributed by atoms with Crippen LogP contribution >= 0.6 is 0 Å². The van der Waals surface area contributed by atoms with E-state index in [1.165, 1.54) is 11.0 Å². The number of hydrogen-bond acceptors (Lipinski definition) is 2. The van der Waals surface area contributed by atoms with Crippen LogP contribution in [0.4, 0.5) is 0 Å². The summed E-state index contributed by atoms with van der Waals surface area (Å²) in [6.45, 7) is 5.43. The van der Waals surface area contributed by atoms with Crippen LogP contribution in [0.2, 0.25) is 0 Å². The first-order valence-electron chi connectivity index (χ1n) is 5.57. The van der Waals surface area contributed by atoms with Crippen molar-refractivity contribution in [1.82, 2.24) is 4.90 Å². The Balaban J connectivity index is 2.41. The van der Waals surface area contributed by atoms with Crippen molar-refractivity contribution in [2.45, 2.75) is 26.3 Å². The first kappa shape index (κ1) is 11.6. The highest BCUT2D eigenvalue weighted by molar-refractivity contribution is 6.16. The van der Waals surface area contributed by atoms with E-state index in [2.05, 4.69) is 0 Å². The Morgan fingerprint density at radius 2 is 1.65 bits per heavy atom. The summed E-state index contributed by atoms with van der Waals surface area (Å²) in [5.41, 5.74) is 0.827. The van der Waals surface area contributed by atoms with Gasteiger partial charge in [0.25, 0.3) is 11.8 Å². The van der Waals surface area contributed by atoms with Gasteiger partial charge in [-0.3, -0.25) is 14.5 Å². The minimum absolute atomic E-state index is 0.205. The van der Waals surface area contributed by atoms with Crippen LogP contribution in [0.1, 0.15) is 26.3 Å². The second kappa shape index (κ2) is 3.84. The SMILES string of the molecule is CC1=CC(=O)N(C(C)(C)c2ccccc2)C1=O. The molecular formula is C14H15NO2. The Morgan fingerprint density at radius 3 is 2.12 bits per heavy atom. The number of benzene rings is 1. The van der Waals surface area contributed by atoms with Crippen LogP contribution < -0.4 is 0 Å². The lowest BCUT2D eigenvalue weighted by molar-refractivity contribution is -0.143. The van der Waals surface area contributed by atoms with Crippen LogP contribution in [0.15, 0.2) is 42.0 Å². The Bertz CT molecular complexity index is 500. The lowest BCUT2D eigenvalue weighted by atomic mass is 9.92. The molecule has 0 unspecified atom stereocenters. The van der Waals surface area contributed by atoms with Crippen LogP contribution in [-0.4, -0.2) is 16.7 Å². The molecule has 3 nitrogen and oxygen atoms in total. The second-order valence-corrected chi connectivity index (χ2v) is 4.73. The molecule has 0 spiro atoms. The maximum absolute atomic E-state index is 12.0. The van der Waals surface area contributed by atoms with E-state index in [0.717, 1.165) is 5.56 Å². The van der Waals surface area contributed by atoms with Crippen molar-refractivity contribution in [3.8, 4) is 0 Å². The van der Waals surface area contributed by atoms with E-state index in [4.69, 9.17) is 0 Å². The van der Waals surface area contributed by atoms with Gasteiger partial charge in [0.15, 0.2) is 0 Å². The van der Waals surface area contributed by atoms with Crippen molar-refractivity contribution < 1.29 is 9.59 Å². The zero-order valence-electron chi connectivity index (χ0n) is 10.2. The molecule has 0 saturated heterocycles.